The molecule has 6 heteroatoms. The van der Waals surface area contributed by atoms with Crippen LogP contribution in [0.25, 0.3) is 10.9 Å². The van der Waals surface area contributed by atoms with E-state index in [0.717, 1.165) is 43.1 Å². The zero-order valence-corrected chi connectivity index (χ0v) is 19.5. The van der Waals surface area contributed by atoms with Gasteiger partial charge in [-0.3, -0.25) is 9.80 Å². The number of likely N-dealkylation sites (tertiary alicyclic amines) is 1. The first-order valence-corrected chi connectivity index (χ1v) is 11.9. The first-order valence-electron chi connectivity index (χ1n) is 11.6. The number of rotatable bonds is 6. The van der Waals surface area contributed by atoms with Crippen LogP contribution in [0.4, 0.5) is 0 Å². The minimum absolute atomic E-state index is 0.265. The van der Waals surface area contributed by atoms with Crippen molar-refractivity contribution >= 4 is 22.5 Å². The quantitative estimate of drug-likeness (QED) is 0.727. The summed E-state index contributed by atoms with van der Waals surface area (Å²) < 4.78 is 0. The van der Waals surface area contributed by atoms with Gasteiger partial charge in [0.1, 0.15) is 0 Å². The molecule has 2 N–H and O–H groups in total. The van der Waals surface area contributed by atoms with Gasteiger partial charge in [0, 0.05) is 62.0 Å². The lowest BCUT2D eigenvalue weighted by Gasteiger charge is -2.48. The topological polar surface area (TPSA) is 45.7 Å². The maximum atomic E-state index is 9.72. The lowest BCUT2D eigenvalue weighted by molar-refractivity contribution is -0.000331. The monoisotopic (exact) mass is 432 g/mol. The van der Waals surface area contributed by atoms with Crippen LogP contribution in [-0.4, -0.2) is 82.2 Å². The van der Waals surface area contributed by atoms with Gasteiger partial charge in [0.15, 0.2) is 0 Å². The van der Waals surface area contributed by atoms with E-state index in [1.54, 1.807) is 0 Å². The summed E-state index contributed by atoms with van der Waals surface area (Å²) in [5.74, 6) is 0. The second-order valence-electron chi connectivity index (χ2n) is 9.39. The molecule has 2 fully saturated rings. The van der Waals surface area contributed by atoms with Gasteiger partial charge in [0.2, 0.25) is 0 Å². The maximum absolute atomic E-state index is 9.72. The summed E-state index contributed by atoms with van der Waals surface area (Å²) in [6.45, 7) is 13.6. The smallest absolute Gasteiger partial charge is 0.0648 e. The van der Waals surface area contributed by atoms with E-state index in [0.29, 0.717) is 18.1 Å². The van der Waals surface area contributed by atoms with Gasteiger partial charge in [0.25, 0.3) is 0 Å². The van der Waals surface area contributed by atoms with Crippen molar-refractivity contribution in [1.82, 2.24) is 19.7 Å². The van der Waals surface area contributed by atoms with Gasteiger partial charge in [-0.05, 0) is 64.8 Å². The lowest BCUT2D eigenvalue weighted by atomic mass is 9.97. The van der Waals surface area contributed by atoms with Crippen LogP contribution in [0.2, 0.25) is 5.02 Å². The molecule has 0 radical (unpaired) electrons. The molecule has 166 valence electrons. The van der Waals surface area contributed by atoms with Crippen LogP contribution in [0.1, 0.15) is 44.4 Å². The minimum atomic E-state index is 0.265. The SMILES string of the molecule is Cc1c(CN2CCN(C3CCN(C(C)C)CC3)[C@@H](CCO)C2)[nH]c2c(Cl)cccc12. The van der Waals surface area contributed by atoms with Gasteiger partial charge in [0.05, 0.1) is 10.5 Å². The average molecular weight is 433 g/mol. The highest BCUT2D eigenvalue weighted by Gasteiger charge is 2.34. The summed E-state index contributed by atoms with van der Waals surface area (Å²) >= 11 is 6.40. The normalized spacial score (nSPS) is 23.1. The van der Waals surface area contributed by atoms with Crippen molar-refractivity contribution in [3.05, 3.63) is 34.5 Å². The van der Waals surface area contributed by atoms with E-state index in [9.17, 15) is 5.11 Å². The number of halogens is 1. The fourth-order valence-corrected chi connectivity index (χ4v) is 5.67. The molecule has 0 amide bonds. The summed E-state index contributed by atoms with van der Waals surface area (Å²) in [5.41, 5.74) is 3.61. The van der Waals surface area contributed by atoms with Crippen LogP contribution in [-0.2, 0) is 6.54 Å². The molecule has 4 rings (SSSR count). The third-order valence-corrected chi connectivity index (χ3v) is 7.62. The van der Waals surface area contributed by atoms with Crippen molar-refractivity contribution in [2.24, 2.45) is 0 Å². The van der Waals surface area contributed by atoms with Crippen molar-refractivity contribution in [3.8, 4) is 0 Å². The molecule has 0 bridgehead atoms. The van der Waals surface area contributed by atoms with E-state index in [1.165, 1.54) is 42.6 Å². The number of para-hydroxylation sites is 1. The number of hydrogen-bond donors (Lipinski definition) is 2. The number of aromatic amines is 1. The zero-order valence-electron chi connectivity index (χ0n) is 18.7. The molecule has 5 nitrogen and oxygen atoms in total. The van der Waals surface area contributed by atoms with Crippen molar-refractivity contribution in [2.75, 3.05) is 39.3 Å². The van der Waals surface area contributed by atoms with Crippen LogP contribution in [0.3, 0.4) is 0 Å². The Kier molecular flexibility index (Phi) is 7.05. The van der Waals surface area contributed by atoms with E-state index in [1.807, 2.05) is 12.1 Å². The predicted octanol–water partition coefficient (Wildman–Crippen LogP) is 3.87. The average Bonchev–Trinajstić information content (AvgIpc) is 3.06. The summed E-state index contributed by atoms with van der Waals surface area (Å²) in [5, 5.41) is 11.7. The molecule has 0 aliphatic carbocycles. The van der Waals surface area contributed by atoms with E-state index in [2.05, 4.69) is 46.5 Å². The van der Waals surface area contributed by atoms with Crippen LogP contribution in [0.5, 0.6) is 0 Å². The van der Waals surface area contributed by atoms with Gasteiger partial charge >= 0.3 is 0 Å². The van der Waals surface area contributed by atoms with Gasteiger partial charge in [-0.25, -0.2) is 0 Å². The van der Waals surface area contributed by atoms with Gasteiger partial charge in [-0.2, -0.15) is 0 Å². The molecule has 1 aromatic heterocycles. The molecule has 2 aromatic rings. The molecule has 2 saturated heterocycles. The highest BCUT2D eigenvalue weighted by molar-refractivity contribution is 6.35. The lowest BCUT2D eigenvalue weighted by Crippen LogP contribution is -2.58. The summed E-state index contributed by atoms with van der Waals surface area (Å²) in [4.78, 5) is 11.4. The Bertz CT molecular complexity index is 843. The van der Waals surface area contributed by atoms with Crippen molar-refractivity contribution in [3.63, 3.8) is 0 Å². The number of piperazine rings is 1. The molecular formula is C24H37ClN4O. The number of nitrogens with one attached hydrogen (secondary N) is 1. The number of aryl methyl sites for hydroxylation is 1. The largest absolute Gasteiger partial charge is 0.396 e. The number of piperidine rings is 1. The highest BCUT2D eigenvalue weighted by atomic mass is 35.5. The Labute approximate surface area is 186 Å². The minimum Gasteiger partial charge on any atom is -0.396 e. The number of H-pyrrole nitrogens is 1. The Morgan fingerprint density at radius 3 is 2.60 bits per heavy atom. The number of benzene rings is 1. The van der Waals surface area contributed by atoms with Crippen molar-refractivity contribution in [2.45, 2.75) is 64.7 Å². The zero-order chi connectivity index (χ0) is 21.3. The van der Waals surface area contributed by atoms with E-state index < -0.39 is 0 Å². The summed E-state index contributed by atoms with van der Waals surface area (Å²) in [6.07, 6.45) is 3.36. The number of aromatic nitrogens is 1. The predicted molar refractivity (Wildman–Crippen MR) is 125 cm³/mol. The van der Waals surface area contributed by atoms with E-state index in [-0.39, 0.29) is 6.61 Å². The molecular weight excluding hydrogens is 396 g/mol. The Balaban J connectivity index is 1.42. The molecule has 1 atom stereocenters. The molecule has 2 aliphatic rings. The van der Waals surface area contributed by atoms with Crippen LogP contribution < -0.4 is 0 Å². The molecule has 0 spiro atoms. The number of aliphatic hydroxyl groups is 1. The molecule has 3 heterocycles. The van der Waals surface area contributed by atoms with Crippen molar-refractivity contribution < 1.29 is 5.11 Å². The second kappa shape index (κ2) is 9.58. The maximum Gasteiger partial charge on any atom is 0.0648 e. The Hall–Kier alpha value is -1.11. The third-order valence-electron chi connectivity index (χ3n) is 7.30. The van der Waals surface area contributed by atoms with Crippen LogP contribution in [0.15, 0.2) is 18.2 Å². The second-order valence-corrected chi connectivity index (χ2v) is 9.80. The first-order chi connectivity index (χ1) is 14.5. The molecule has 2 aliphatic heterocycles. The highest BCUT2D eigenvalue weighted by Crippen LogP contribution is 2.29. The number of nitrogens with zero attached hydrogens (tertiary/aromatic N) is 3. The van der Waals surface area contributed by atoms with Crippen LogP contribution >= 0.6 is 11.6 Å². The van der Waals surface area contributed by atoms with Gasteiger partial charge in [-0.15, -0.1) is 0 Å². The fourth-order valence-electron chi connectivity index (χ4n) is 5.45. The van der Waals surface area contributed by atoms with Crippen molar-refractivity contribution in [1.29, 1.82) is 0 Å². The molecule has 1 aromatic carbocycles. The van der Waals surface area contributed by atoms with Crippen LogP contribution in [0, 0.1) is 6.92 Å². The molecule has 0 unspecified atom stereocenters. The Morgan fingerprint density at radius 1 is 1.17 bits per heavy atom. The van der Waals surface area contributed by atoms with E-state index in [4.69, 9.17) is 11.6 Å². The third kappa shape index (κ3) is 4.56. The number of aliphatic hydroxyl groups excluding tert-OH is 1. The first kappa shape index (κ1) is 22.1. The Morgan fingerprint density at radius 2 is 1.93 bits per heavy atom. The summed E-state index contributed by atoms with van der Waals surface area (Å²) in [6, 6.07) is 7.86. The summed E-state index contributed by atoms with van der Waals surface area (Å²) in [7, 11) is 0. The van der Waals surface area contributed by atoms with E-state index >= 15 is 0 Å². The molecule has 30 heavy (non-hydrogen) atoms. The standard InChI is InChI=1S/C24H37ClN4O/c1-17(2)28-10-7-19(8-11-28)29-13-12-27(15-20(29)9-14-30)16-23-18(3)21-5-4-6-22(25)24(21)26-23/h4-6,17,19-20,26,30H,7-16H2,1-3H3/t20-/m0/s1. The van der Waals surface area contributed by atoms with Gasteiger partial charge < -0.3 is 15.0 Å². The molecule has 0 saturated carbocycles. The fraction of sp³-hybridized carbons (Fsp3) is 0.667. The van der Waals surface area contributed by atoms with Gasteiger partial charge in [-0.1, -0.05) is 23.7 Å². The number of hydrogen-bond acceptors (Lipinski definition) is 4. The number of fused-ring (bicyclic) bond motifs is 1.